The molecule has 1 atom stereocenters. The molecule has 1 amide bonds. The molecule has 0 aromatic carbocycles. The normalized spacial score (nSPS) is 12.5. The van der Waals surface area contributed by atoms with Gasteiger partial charge in [-0.1, -0.05) is 20.8 Å². The first-order chi connectivity index (χ1) is 7.99. The second-order valence-electron chi connectivity index (χ2n) is 4.89. The van der Waals surface area contributed by atoms with Crippen LogP contribution in [0.5, 0.6) is 0 Å². The average Bonchev–Trinajstić information content (AvgIpc) is 2.27. The fourth-order valence-electron chi connectivity index (χ4n) is 1.49. The van der Waals surface area contributed by atoms with Crippen LogP contribution in [0.3, 0.4) is 0 Å². The van der Waals surface area contributed by atoms with E-state index in [1.54, 1.807) is 0 Å². The minimum Gasteiger partial charge on any atom is -0.355 e. The van der Waals surface area contributed by atoms with Gasteiger partial charge in [-0.25, -0.2) is 0 Å². The molecule has 0 aromatic rings. The van der Waals surface area contributed by atoms with Crippen LogP contribution in [0.2, 0.25) is 0 Å². The largest absolute Gasteiger partial charge is 0.355 e. The Morgan fingerprint density at radius 3 is 2.53 bits per heavy atom. The standard InChI is InChI=1S/C13H25N3O/c1-5-16(9-12(4)8-14)10-13(17)15-7-6-11(2)3/h11-12H,5-7,9-10H2,1-4H3,(H,15,17). The highest BCUT2D eigenvalue weighted by Crippen LogP contribution is 1.99. The monoisotopic (exact) mass is 239 g/mol. The van der Waals surface area contributed by atoms with Crippen molar-refractivity contribution in [2.24, 2.45) is 11.8 Å². The van der Waals surface area contributed by atoms with E-state index in [2.05, 4.69) is 25.2 Å². The molecule has 0 aromatic heterocycles. The van der Waals surface area contributed by atoms with Gasteiger partial charge in [0.25, 0.3) is 0 Å². The van der Waals surface area contributed by atoms with Crippen LogP contribution in [0.25, 0.3) is 0 Å². The Balaban J connectivity index is 3.86. The summed E-state index contributed by atoms with van der Waals surface area (Å²) in [7, 11) is 0. The molecule has 0 saturated carbocycles. The van der Waals surface area contributed by atoms with E-state index in [4.69, 9.17) is 5.26 Å². The van der Waals surface area contributed by atoms with E-state index in [1.165, 1.54) is 0 Å². The van der Waals surface area contributed by atoms with Crippen LogP contribution >= 0.6 is 0 Å². The summed E-state index contributed by atoms with van der Waals surface area (Å²) in [6.07, 6.45) is 1.01. The fourth-order valence-corrected chi connectivity index (χ4v) is 1.49. The molecule has 0 saturated heterocycles. The maximum Gasteiger partial charge on any atom is 0.234 e. The zero-order valence-electron chi connectivity index (χ0n) is 11.5. The number of likely N-dealkylation sites (N-methyl/N-ethyl adjacent to an activating group) is 1. The van der Waals surface area contributed by atoms with Crippen molar-refractivity contribution in [2.75, 3.05) is 26.2 Å². The van der Waals surface area contributed by atoms with Crippen LogP contribution in [0.4, 0.5) is 0 Å². The van der Waals surface area contributed by atoms with E-state index < -0.39 is 0 Å². The first-order valence-corrected chi connectivity index (χ1v) is 6.38. The predicted molar refractivity (Wildman–Crippen MR) is 69.4 cm³/mol. The Hall–Kier alpha value is -1.08. The Bertz CT molecular complexity index is 258. The van der Waals surface area contributed by atoms with Crippen LogP contribution in [0.15, 0.2) is 0 Å². The molecule has 0 spiro atoms. The second-order valence-corrected chi connectivity index (χ2v) is 4.89. The molecule has 0 aliphatic carbocycles. The van der Waals surface area contributed by atoms with Crippen LogP contribution in [0, 0.1) is 23.2 Å². The van der Waals surface area contributed by atoms with Gasteiger partial charge in [0.2, 0.25) is 5.91 Å². The van der Waals surface area contributed by atoms with Gasteiger partial charge in [0.1, 0.15) is 0 Å². The van der Waals surface area contributed by atoms with E-state index in [1.807, 2.05) is 18.7 Å². The van der Waals surface area contributed by atoms with Gasteiger partial charge >= 0.3 is 0 Å². The van der Waals surface area contributed by atoms with Crippen molar-refractivity contribution in [3.05, 3.63) is 0 Å². The summed E-state index contributed by atoms with van der Waals surface area (Å²) >= 11 is 0. The zero-order valence-corrected chi connectivity index (χ0v) is 11.5. The van der Waals surface area contributed by atoms with Crippen molar-refractivity contribution < 1.29 is 4.79 Å². The maximum atomic E-state index is 11.6. The summed E-state index contributed by atoms with van der Waals surface area (Å²) in [5, 5.41) is 11.6. The molecule has 0 rings (SSSR count). The number of rotatable bonds is 8. The van der Waals surface area contributed by atoms with Crippen molar-refractivity contribution in [1.82, 2.24) is 10.2 Å². The molecule has 98 valence electrons. The third-order valence-electron chi connectivity index (χ3n) is 2.61. The van der Waals surface area contributed by atoms with E-state index in [9.17, 15) is 4.79 Å². The van der Waals surface area contributed by atoms with Gasteiger partial charge in [0, 0.05) is 13.1 Å². The van der Waals surface area contributed by atoms with Gasteiger partial charge in [-0.05, 0) is 25.8 Å². The third kappa shape index (κ3) is 8.70. The SMILES string of the molecule is CCN(CC(=O)NCCC(C)C)CC(C)C#N. The van der Waals surface area contributed by atoms with E-state index in [0.29, 0.717) is 19.0 Å². The molecule has 0 fully saturated rings. The fraction of sp³-hybridized carbons (Fsp3) is 0.846. The number of hydrogen-bond donors (Lipinski definition) is 1. The number of carbonyl (C=O) groups is 1. The third-order valence-corrected chi connectivity index (χ3v) is 2.61. The minimum atomic E-state index is -0.0292. The molecule has 0 radical (unpaired) electrons. The lowest BCUT2D eigenvalue weighted by atomic mass is 10.1. The molecule has 1 unspecified atom stereocenters. The lowest BCUT2D eigenvalue weighted by Gasteiger charge is -2.20. The van der Waals surface area contributed by atoms with E-state index in [-0.39, 0.29) is 11.8 Å². The van der Waals surface area contributed by atoms with Gasteiger partial charge in [0.15, 0.2) is 0 Å². The first-order valence-electron chi connectivity index (χ1n) is 6.38. The van der Waals surface area contributed by atoms with Gasteiger partial charge in [-0.3, -0.25) is 9.69 Å². The highest BCUT2D eigenvalue weighted by atomic mass is 16.2. The average molecular weight is 239 g/mol. The molecule has 1 N–H and O–H groups in total. The highest BCUT2D eigenvalue weighted by Gasteiger charge is 2.11. The second kappa shape index (κ2) is 9.00. The number of nitrogens with one attached hydrogen (secondary N) is 1. The van der Waals surface area contributed by atoms with Crippen molar-refractivity contribution in [3.63, 3.8) is 0 Å². The number of hydrogen-bond acceptors (Lipinski definition) is 3. The molecule has 4 heteroatoms. The summed E-state index contributed by atoms with van der Waals surface area (Å²) in [5.74, 6) is 0.632. The zero-order chi connectivity index (χ0) is 13.3. The quantitative estimate of drug-likeness (QED) is 0.700. The lowest BCUT2D eigenvalue weighted by Crippen LogP contribution is -2.39. The summed E-state index contributed by atoms with van der Waals surface area (Å²) in [4.78, 5) is 13.6. The Morgan fingerprint density at radius 2 is 2.06 bits per heavy atom. The van der Waals surface area contributed by atoms with Crippen LogP contribution < -0.4 is 5.32 Å². The maximum absolute atomic E-state index is 11.6. The molecule has 0 aliphatic rings. The van der Waals surface area contributed by atoms with Gasteiger partial charge < -0.3 is 5.32 Å². The van der Waals surface area contributed by atoms with Crippen LogP contribution in [0.1, 0.15) is 34.1 Å². The molecule has 0 bridgehead atoms. The number of nitriles is 1. The summed E-state index contributed by atoms with van der Waals surface area (Å²) < 4.78 is 0. The molecule has 4 nitrogen and oxygen atoms in total. The minimum absolute atomic E-state index is 0.0292. The Morgan fingerprint density at radius 1 is 1.41 bits per heavy atom. The lowest BCUT2D eigenvalue weighted by molar-refractivity contribution is -0.122. The van der Waals surface area contributed by atoms with Crippen molar-refractivity contribution in [1.29, 1.82) is 5.26 Å². The number of nitrogens with zero attached hydrogens (tertiary/aromatic N) is 2. The summed E-state index contributed by atoms with van der Waals surface area (Å²) in [6.45, 7) is 10.7. The molecular formula is C13H25N3O. The molecule has 0 heterocycles. The van der Waals surface area contributed by atoms with E-state index >= 15 is 0 Å². The van der Waals surface area contributed by atoms with Crippen molar-refractivity contribution in [3.8, 4) is 6.07 Å². The Labute approximate surface area is 105 Å². The topological polar surface area (TPSA) is 56.1 Å². The Kier molecular flexibility index (Phi) is 8.43. The molecule has 0 aliphatic heterocycles. The van der Waals surface area contributed by atoms with Gasteiger partial charge in [0.05, 0.1) is 18.5 Å². The number of carbonyl (C=O) groups excluding carboxylic acids is 1. The van der Waals surface area contributed by atoms with Crippen molar-refractivity contribution >= 4 is 5.91 Å². The molecular weight excluding hydrogens is 214 g/mol. The highest BCUT2D eigenvalue weighted by molar-refractivity contribution is 5.77. The van der Waals surface area contributed by atoms with E-state index in [0.717, 1.165) is 19.5 Å². The van der Waals surface area contributed by atoms with Crippen LogP contribution in [-0.2, 0) is 4.79 Å². The molecule has 17 heavy (non-hydrogen) atoms. The number of amides is 1. The van der Waals surface area contributed by atoms with Gasteiger partial charge in [-0.2, -0.15) is 5.26 Å². The van der Waals surface area contributed by atoms with Gasteiger partial charge in [-0.15, -0.1) is 0 Å². The first kappa shape index (κ1) is 15.9. The summed E-state index contributed by atoms with van der Waals surface area (Å²) in [6, 6.07) is 2.19. The predicted octanol–water partition coefficient (Wildman–Crippen LogP) is 1.63. The van der Waals surface area contributed by atoms with Crippen molar-refractivity contribution in [2.45, 2.75) is 34.1 Å². The summed E-state index contributed by atoms with van der Waals surface area (Å²) in [5.41, 5.74) is 0. The van der Waals surface area contributed by atoms with Crippen LogP contribution in [-0.4, -0.2) is 37.0 Å². The smallest absolute Gasteiger partial charge is 0.234 e.